The Bertz CT molecular complexity index is 1000. The summed E-state index contributed by atoms with van der Waals surface area (Å²) in [5.74, 6) is -0.369. The number of anilines is 2. The average Bonchev–Trinajstić information content (AvgIpc) is 3.09. The molecule has 0 saturated carbocycles. The monoisotopic (exact) mass is 474 g/mol. The van der Waals surface area contributed by atoms with E-state index < -0.39 is 0 Å². The molecule has 0 unspecified atom stereocenters. The molecular formula is C21H19BrN2O2S2. The van der Waals surface area contributed by atoms with E-state index in [-0.39, 0.29) is 5.97 Å². The van der Waals surface area contributed by atoms with E-state index in [0.29, 0.717) is 22.3 Å². The third kappa shape index (κ3) is 4.98. The van der Waals surface area contributed by atoms with Gasteiger partial charge in [0.1, 0.15) is 5.00 Å². The van der Waals surface area contributed by atoms with Crippen molar-refractivity contribution in [3.05, 3.63) is 70.2 Å². The first-order valence-corrected chi connectivity index (χ1v) is 10.7. The van der Waals surface area contributed by atoms with E-state index in [9.17, 15) is 4.79 Å². The molecule has 0 aliphatic carbocycles. The summed E-state index contributed by atoms with van der Waals surface area (Å²) in [6, 6.07) is 17.6. The summed E-state index contributed by atoms with van der Waals surface area (Å²) in [5.41, 5.74) is 3.47. The fourth-order valence-electron chi connectivity index (χ4n) is 2.61. The quantitative estimate of drug-likeness (QED) is 0.327. The summed E-state index contributed by atoms with van der Waals surface area (Å²) >= 11 is 10.4. The smallest absolute Gasteiger partial charge is 0.341 e. The zero-order chi connectivity index (χ0) is 20.1. The Balaban J connectivity index is 1.85. The number of ether oxygens (including phenoxy) is 1. The minimum atomic E-state index is -0.369. The van der Waals surface area contributed by atoms with Crippen molar-refractivity contribution in [1.29, 1.82) is 0 Å². The van der Waals surface area contributed by atoms with Gasteiger partial charge in [-0.2, -0.15) is 0 Å². The summed E-state index contributed by atoms with van der Waals surface area (Å²) in [4.78, 5) is 13.4. The molecule has 0 spiro atoms. The van der Waals surface area contributed by atoms with Crippen LogP contribution in [0.5, 0.6) is 0 Å². The summed E-state index contributed by atoms with van der Waals surface area (Å²) in [6.07, 6.45) is 0. The van der Waals surface area contributed by atoms with Crippen LogP contribution in [0, 0.1) is 6.92 Å². The second-order valence-corrected chi connectivity index (χ2v) is 8.35. The van der Waals surface area contributed by atoms with Crippen LogP contribution in [0.2, 0.25) is 0 Å². The van der Waals surface area contributed by atoms with Gasteiger partial charge in [-0.3, -0.25) is 0 Å². The Hall–Kier alpha value is -2.22. The summed E-state index contributed by atoms with van der Waals surface area (Å²) in [6.45, 7) is 4.10. The number of thiocarbonyl (C=S) groups is 1. The SMILES string of the molecule is CCOC(=O)c1cc(-c2ccccc2)sc1NC(=S)Nc1ccc(Br)cc1C. The predicted molar refractivity (Wildman–Crippen MR) is 124 cm³/mol. The molecule has 3 aromatic rings. The minimum absolute atomic E-state index is 0.315. The third-order valence-electron chi connectivity index (χ3n) is 3.95. The Morgan fingerprint density at radius 3 is 2.57 bits per heavy atom. The maximum absolute atomic E-state index is 12.4. The number of carbonyl (C=O) groups excluding carboxylic acids is 1. The Morgan fingerprint density at radius 1 is 1.14 bits per heavy atom. The van der Waals surface area contributed by atoms with Crippen LogP contribution in [-0.4, -0.2) is 17.7 Å². The van der Waals surface area contributed by atoms with Crippen LogP contribution in [0.1, 0.15) is 22.8 Å². The minimum Gasteiger partial charge on any atom is -0.462 e. The largest absolute Gasteiger partial charge is 0.462 e. The maximum Gasteiger partial charge on any atom is 0.341 e. The molecule has 0 fully saturated rings. The standard InChI is InChI=1S/C21H19BrN2O2S2/c1-3-26-20(25)16-12-18(14-7-5-4-6-8-14)28-19(16)24-21(27)23-17-10-9-15(22)11-13(17)2/h4-12H,3H2,1-2H3,(H2,23,24,27). The van der Waals surface area contributed by atoms with Gasteiger partial charge in [-0.25, -0.2) is 4.79 Å². The number of benzene rings is 2. The highest BCUT2D eigenvalue weighted by Gasteiger charge is 2.19. The van der Waals surface area contributed by atoms with E-state index in [1.54, 1.807) is 6.92 Å². The second-order valence-electron chi connectivity index (χ2n) is 5.98. The van der Waals surface area contributed by atoms with E-state index >= 15 is 0 Å². The van der Waals surface area contributed by atoms with Crippen molar-refractivity contribution in [1.82, 2.24) is 0 Å². The fourth-order valence-corrected chi connectivity index (χ4v) is 4.42. The van der Waals surface area contributed by atoms with Crippen LogP contribution < -0.4 is 10.6 Å². The molecule has 0 amide bonds. The van der Waals surface area contributed by atoms with Gasteiger partial charge in [0.2, 0.25) is 0 Å². The normalized spacial score (nSPS) is 10.4. The Morgan fingerprint density at radius 2 is 1.89 bits per heavy atom. The van der Waals surface area contributed by atoms with Crippen LogP contribution in [0.4, 0.5) is 10.7 Å². The molecule has 0 aliphatic rings. The van der Waals surface area contributed by atoms with Crippen LogP contribution in [-0.2, 0) is 4.74 Å². The van der Waals surface area contributed by atoms with Crippen LogP contribution in [0.3, 0.4) is 0 Å². The molecule has 0 aliphatic heterocycles. The summed E-state index contributed by atoms with van der Waals surface area (Å²) in [5, 5.41) is 7.42. The highest BCUT2D eigenvalue weighted by Crippen LogP contribution is 2.36. The summed E-state index contributed by atoms with van der Waals surface area (Å²) in [7, 11) is 0. The van der Waals surface area contributed by atoms with Gasteiger partial charge in [0.15, 0.2) is 5.11 Å². The average molecular weight is 475 g/mol. The van der Waals surface area contributed by atoms with Crippen LogP contribution >= 0.6 is 39.5 Å². The third-order valence-corrected chi connectivity index (χ3v) is 5.75. The van der Waals surface area contributed by atoms with Crippen LogP contribution in [0.25, 0.3) is 10.4 Å². The fraction of sp³-hybridized carbons (Fsp3) is 0.143. The van der Waals surface area contributed by atoms with Crippen molar-refractivity contribution in [3.63, 3.8) is 0 Å². The molecule has 1 heterocycles. The first kappa shape index (κ1) is 20.5. The molecule has 144 valence electrons. The van der Waals surface area contributed by atoms with E-state index in [0.717, 1.165) is 26.2 Å². The number of nitrogens with one attached hydrogen (secondary N) is 2. The Kier molecular flexibility index (Phi) is 6.83. The zero-order valence-electron chi connectivity index (χ0n) is 15.4. The van der Waals surface area contributed by atoms with Crippen molar-refractivity contribution >= 4 is 61.3 Å². The first-order valence-electron chi connectivity index (χ1n) is 8.68. The number of hydrogen-bond donors (Lipinski definition) is 2. The molecule has 0 radical (unpaired) electrons. The predicted octanol–water partition coefficient (Wildman–Crippen LogP) is 6.47. The van der Waals surface area contributed by atoms with Crippen molar-refractivity contribution < 1.29 is 9.53 Å². The van der Waals surface area contributed by atoms with Gasteiger partial charge in [-0.1, -0.05) is 46.3 Å². The van der Waals surface area contributed by atoms with Crippen molar-refractivity contribution in [3.8, 4) is 10.4 Å². The molecule has 0 bridgehead atoms. The maximum atomic E-state index is 12.4. The van der Waals surface area contributed by atoms with Crippen LogP contribution in [0.15, 0.2) is 59.1 Å². The van der Waals surface area contributed by atoms with E-state index in [1.165, 1.54) is 11.3 Å². The van der Waals surface area contributed by atoms with Gasteiger partial charge < -0.3 is 15.4 Å². The van der Waals surface area contributed by atoms with Gasteiger partial charge in [0, 0.05) is 15.0 Å². The van der Waals surface area contributed by atoms with Gasteiger partial charge in [-0.15, -0.1) is 11.3 Å². The zero-order valence-corrected chi connectivity index (χ0v) is 18.6. The molecule has 2 N–H and O–H groups in total. The number of halogens is 1. The number of rotatable bonds is 5. The highest BCUT2D eigenvalue weighted by atomic mass is 79.9. The second kappa shape index (κ2) is 9.32. The topological polar surface area (TPSA) is 50.4 Å². The van der Waals surface area contributed by atoms with E-state index in [2.05, 4.69) is 26.6 Å². The molecule has 0 atom stereocenters. The van der Waals surface area contributed by atoms with Crippen molar-refractivity contribution in [2.45, 2.75) is 13.8 Å². The molecule has 2 aromatic carbocycles. The Labute approximate surface area is 182 Å². The lowest BCUT2D eigenvalue weighted by Crippen LogP contribution is -2.20. The molecule has 28 heavy (non-hydrogen) atoms. The lowest BCUT2D eigenvalue weighted by atomic mass is 10.1. The lowest BCUT2D eigenvalue weighted by molar-refractivity contribution is 0.0528. The van der Waals surface area contributed by atoms with Gasteiger partial charge in [0.25, 0.3) is 0 Å². The molecular weight excluding hydrogens is 456 g/mol. The number of aryl methyl sites for hydroxylation is 1. The van der Waals surface area contributed by atoms with Gasteiger partial charge >= 0.3 is 5.97 Å². The molecule has 3 rings (SSSR count). The molecule has 4 nitrogen and oxygen atoms in total. The van der Waals surface area contributed by atoms with E-state index in [4.69, 9.17) is 17.0 Å². The number of esters is 1. The van der Waals surface area contributed by atoms with Gasteiger partial charge in [-0.05, 0) is 61.5 Å². The number of hydrogen-bond acceptors (Lipinski definition) is 4. The molecule has 7 heteroatoms. The summed E-state index contributed by atoms with van der Waals surface area (Å²) < 4.78 is 6.21. The molecule has 0 saturated heterocycles. The van der Waals surface area contributed by atoms with Gasteiger partial charge in [0.05, 0.1) is 12.2 Å². The highest BCUT2D eigenvalue weighted by molar-refractivity contribution is 9.10. The van der Waals surface area contributed by atoms with E-state index in [1.807, 2.05) is 61.5 Å². The van der Waals surface area contributed by atoms with Crippen molar-refractivity contribution in [2.24, 2.45) is 0 Å². The number of thiophene rings is 1. The number of carbonyl (C=O) groups is 1. The molecule has 1 aromatic heterocycles. The lowest BCUT2D eigenvalue weighted by Gasteiger charge is -2.12. The first-order chi connectivity index (χ1) is 13.5. The van der Waals surface area contributed by atoms with Crippen molar-refractivity contribution in [2.75, 3.05) is 17.2 Å².